The molecule has 0 aliphatic carbocycles. The molecule has 84 valence electrons. The number of carbonyl (C=O) groups is 1. The standard InChI is InChI=1S/C12H11FO3/c1-3-7-16-11(12(14)15-2)9-5-4-6-10(13)8-9/h1,4-6,8,11H,7H2,2H3. The lowest BCUT2D eigenvalue weighted by Gasteiger charge is -2.14. The summed E-state index contributed by atoms with van der Waals surface area (Å²) in [4.78, 5) is 11.4. The van der Waals surface area contributed by atoms with Gasteiger partial charge in [0.05, 0.1) is 7.11 Å². The molecule has 0 heterocycles. The van der Waals surface area contributed by atoms with E-state index >= 15 is 0 Å². The van der Waals surface area contributed by atoms with Gasteiger partial charge in [-0.25, -0.2) is 9.18 Å². The number of carbonyl (C=O) groups excluding carboxylic acids is 1. The molecular formula is C12H11FO3. The minimum Gasteiger partial charge on any atom is -0.467 e. The highest BCUT2D eigenvalue weighted by Crippen LogP contribution is 2.19. The number of rotatable bonds is 4. The van der Waals surface area contributed by atoms with Crippen LogP contribution in [0.25, 0.3) is 0 Å². The molecule has 1 atom stereocenters. The topological polar surface area (TPSA) is 35.5 Å². The summed E-state index contributed by atoms with van der Waals surface area (Å²) < 4.78 is 22.6. The fourth-order valence-corrected chi connectivity index (χ4v) is 1.21. The van der Waals surface area contributed by atoms with Gasteiger partial charge in [0.1, 0.15) is 12.4 Å². The van der Waals surface area contributed by atoms with Gasteiger partial charge >= 0.3 is 5.97 Å². The van der Waals surface area contributed by atoms with Crippen molar-refractivity contribution in [2.75, 3.05) is 13.7 Å². The molecule has 1 aromatic rings. The maximum atomic E-state index is 13.0. The molecule has 0 N–H and O–H groups in total. The predicted molar refractivity (Wildman–Crippen MR) is 55.9 cm³/mol. The van der Waals surface area contributed by atoms with Crippen molar-refractivity contribution in [3.05, 3.63) is 35.6 Å². The molecular weight excluding hydrogens is 211 g/mol. The number of methoxy groups -OCH3 is 1. The quantitative estimate of drug-likeness (QED) is 0.574. The molecule has 0 amide bonds. The predicted octanol–water partition coefficient (Wildman–Crippen LogP) is 1.69. The molecule has 1 aromatic carbocycles. The van der Waals surface area contributed by atoms with E-state index in [1.807, 2.05) is 0 Å². The number of terminal acetylenes is 1. The van der Waals surface area contributed by atoms with Crippen molar-refractivity contribution in [2.45, 2.75) is 6.10 Å². The lowest BCUT2D eigenvalue weighted by atomic mass is 10.1. The Hall–Kier alpha value is -1.86. The molecule has 0 spiro atoms. The normalized spacial score (nSPS) is 11.6. The van der Waals surface area contributed by atoms with Crippen LogP contribution in [0, 0.1) is 18.2 Å². The molecule has 1 rings (SSSR count). The van der Waals surface area contributed by atoms with Crippen molar-refractivity contribution in [1.82, 2.24) is 0 Å². The molecule has 3 nitrogen and oxygen atoms in total. The zero-order valence-electron chi connectivity index (χ0n) is 8.77. The molecule has 0 aromatic heterocycles. The first-order valence-electron chi connectivity index (χ1n) is 4.57. The van der Waals surface area contributed by atoms with Gasteiger partial charge < -0.3 is 9.47 Å². The minimum absolute atomic E-state index is 0.0454. The summed E-state index contributed by atoms with van der Waals surface area (Å²) in [6.45, 7) is -0.0454. The molecule has 1 unspecified atom stereocenters. The van der Waals surface area contributed by atoms with Crippen LogP contribution in [0.4, 0.5) is 4.39 Å². The first kappa shape index (κ1) is 12.2. The molecule has 0 radical (unpaired) electrons. The van der Waals surface area contributed by atoms with Gasteiger partial charge in [-0.3, -0.25) is 0 Å². The second-order valence-electron chi connectivity index (χ2n) is 2.97. The third-order valence-corrected chi connectivity index (χ3v) is 1.90. The largest absolute Gasteiger partial charge is 0.467 e. The highest BCUT2D eigenvalue weighted by Gasteiger charge is 2.22. The number of ether oxygens (including phenoxy) is 2. The van der Waals surface area contributed by atoms with Crippen LogP contribution in [0.5, 0.6) is 0 Å². The van der Waals surface area contributed by atoms with Crippen LogP contribution in [-0.2, 0) is 14.3 Å². The van der Waals surface area contributed by atoms with Gasteiger partial charge in [0.15, 0.2) is 6.10 Å². The van der Waals surface area contributed by atoms with E-state index in [1.165, 1.54) is 25.3 Å². The maximum absolute atomic E-state index is 13.0. The van der Waals surface area contributed by atoms with E-state index in [0.717, 1.165) is 0 Å². The summed E-state index contributed by atoms with van der Waals surface area (Å²) >= 11 is 0. The van der Waals surface area contributed by atoms with Crippen molar-refractivity contribution in [3.63, 3.8) is 0 Å². The molecule has 0 saturated carbocycles. The summed E-state index contributed by atoms with van der Waals surface area (Å²) in [5, 5.41) is 0. The Morgan fingerprint density at radius 1 is 1.62 bits per heavy atom. The average Bonchev–Trinajstić information content (AvgIpc) is 2.29. The number of hydrogen-bond donors (Lipinski definition) is 0. The third kappa shape index (κ3) is 3.07. The van der Waals surface area contributed by atoms with E-state index in [4.69, 9.17) is 11.2 Å². The lowest BCUT2D eigenvalue weighted by molar-refractivity contribution is -0.153. The molecule has 0 saturated heterocycles. The third-order valence-electron chi connectivity index (χ3n) is 1.90. The van der Waals surface area contributed by atoms with Crippen LogP contribution in [0.2, 0.25) is 0 Å². The molecule has 4 heteroatoms. The van der Waals surface area contributed by atoms with Crippen LogP contribution in [0.3, 0.4) is 0 Å². The molecule has 0 aliphatic heterocycles. The lowest BCUT2D eigenvalue weighted by Crippen LogP contribution is -2.18. The second-order valence-corrected chi connectivity index (χ2v) is 2.97. The van der Waals surface area contributed by atoms with Crippen LogP contribution in [0.1, 0.15) is 11.7 Å². The van der Waals surface area contributed by atoms with Gasteiger partial charge in [-0.2, -0.15) is 0 Å². The molecule has 0 fully saturated rings. The smallest absolute Gasteiger partial charge is 0.339 e. The Kier molecular flexibility index (Phi) is 4.49. The van der Waals surface area contributed by atoms with Crippen molar-refractivity contribution >= 4 is 5.97 Å². The minimum atomic E-state index is -0.989. The number of hydrogen-bond acceptors (Lipinski definition) is 3. The van der Waals surface area contributed by atoms with Crippen LogP contribution in [-0.4, -0.2) is 19.7 Å². The second kappa shape index (κ2) is 5.89. The summed E-state index contributed by atoms with van der Waals surface area (Å²) in [6.07, 6.45) is 4.04. The maximum Gasteiger partial charge on any atom is 0.339 e. The van der Waals surface area contributed by atoms with Gasteiger partial charge in [-0.05, 0) is 17.7 Å². The average molecular weight is 222 g/mol. The fourth-order valence-electron chi connectivity index (χ4n) is 1.21. The van der Waals surface area contributed by atoms with Crippen molar-refractivity contribution in [2.24, 2.45) is 0 Å². The Bertz CT molecular complexity index is 409. The van der Waals surface area contributed by atoms with Gasteiger partial charge in [0.25, 0.3) is 0 Å². The van der Waals surface area contributed by atoms with E-state index in [0.29, 0.717) is 5.56 Å². The van der Waals surface area contributed by atoms with Gasteiger partial charge in [-0.15, -0.1) is 6.42 Å². The van der Waals surface area contributed by atoms with E-state index in [1.54, 1.807) is 6.07 Å². The summed E-state index contributed by atoms with van der Waals surface area (Å²) in [7, 11) is 1.23. The monoisotopic (exact) mass is 222 g/mol. The highest BCUT2D eigenvalue weighted by molar-refractivity contribution is 5.76. The van der Waals surface area contributed by atoms with Crippen LogP contribution >= 0.6 is 0 Å². The van der Waals surface area contributed by atoms with Crippen LogP contribution in [0.15, 0.2) is 24.3 Å². The van der Waals surface area contributed by atoms with Gasteiger partial charge in [-0.1, -0.05) is 18.1 Å². The van der Waals surface area contributed by atoms with Gasteiger partial charge in [0, 0.05) is 0 Å². The fraction of sp³-hybridized carbons (Fsp3) is 0.250. The molecule has 0 aliphatic rings. The Morgan fingerprint density at radius 3 is 2.94 bits per heavy atom. The van der Waals surface area contributed by atoms with Crippen LogP contribution < -0.4 is 0 Å². The first-order valence-corrected chi connectivity index (χ1v) is 4.57. The Morgan fingerprint density at radius 2 is 2.38 bits per heavy atom. The first-order chi connectivity index (χ1) is 7.69. The summed E-state index contributed by atoms with van der Waals surface area (Å²) in [5.41, 5.74) is 0.377. The molecule has 0 bridgehead atoms. The highest BCUT2D eigenvalue weighted by atomic mass is 19.1. The van der Waals surface area contributed by atoms with E-state index in [-0.39, 0.29) is 6.61 Å². The Labute approximate surface area is 93.2 Å². The SMILES string of the molecule is C#CCOC(C(=O)OC)c1cccc(F)c1. The number of halogens is 1. The Balaban J connectivity index is 2.92. The molecule has 16 heavy (non-hydrogen) atoms. The zero-order valence-corrected chi connectivity index (χ0v) is 8.77. The summed E-state index contributed by atoms with van der Waals surface area (Å²) in [5.74, 6) is 1.18. The zero-order chi connectivity index (χ0) is 12.0. The number of esters is 1. The number of benzene rings is 1. The van der Waals surface area contributed by atoms with Gasteiger partial charge in [0.2, 0.25) is 0 Å². The van der Waals surface area contributed by atoms with Crippen molar-refractivity contribution in [3.8, 4) is 12.3 Å². The summed E-state index contributed by atoms with van der Waals surface area (Å²) in [6, 6.07) is 5.54. The van der Waals surface area contributed by atoms with E-state index in [2.05, 4.69) is 10.7 Å². The van der Waals surface area contributed by atoms with E-state index < -0.39 is 17.9 Å². The van der Waals surface area contributed by atoms with E-state index in [9.17, 15) is 9.18 Å². The van der Waals surface area contributed by atoms with Crippen molar-refractivity contribution < 1.29 is 18.7 Å². The van der Waals surface area contributed by atoms with Crippen molar-refractivity contribution in [1.29, 1.82) is 0 Å².